The molecule has 0 saturated heterocycles. The molecule has 1 N–H and O–H groups in total. The lowest BCUT2D eigenvalue weighted by Crippen LogP contribution is -2.39. The van der Waals surface area contributed by atoms with Crippen molar-refractivity contribution in [2.75, 3.05) is 20.7 Å². The lowest BCUT2D eigenvalue weighted by atomic mass is 10.2. The molecule has 1 aromatic carbocycles. The average Bonchev–Trinajstić information content (AvgIpc) is 3.21. The van der Waals surface area contributed by atoms with E-state index in [1.807, 2.05) is 0 Å². The number of carbonyl (C=O) groups excluding carboxylic acids is 2. The number of ether oxygens (including phenoxy) is 1. The van der Waals surface area contributed by atoms with E-state index in [1.54, 1.807) is 25.2 Å². The number of methoxy groups -OCH3 is 1. The molecule has 5 nitrogen and oxygen atoms in total. The van der Waals surface area contributed by atoms with Crippen LogP contribution in [0.2, 0.25) is 0 Å². The third kappa shape index (κ3) is 3.72. The molecule has 108 valence electrons. The van der Waals surface area contributed by atoms with Crippen molar-refractivity contribution in [2.45, 2.75) is 18.9 Å². The summed E-state index contributed by atoms with van der Waals surface area (Å²) in [5.74, 6) is 0.124. The second-order valence-corrected chi connectivity index (χ2v) is 5.76. The first kappa shape index (κ1) is 14.8. The Labute approximate surface area is 126 Å². The Morgan fingerprint density at radius 3 is 2.75 bits per heavy atom. The SMILES string of the molecule is COc1cc(Br)ccc1C(=O)N(C)CC(=O)NC1CC1. The van der Waals surface area contributed by atoms with Crippen LogP contribution in [0.3, 0.4) is 0 Å². The molecule has 0 aliphatic heterocycles. The first-order chi connectivity index (χ1) is 9.51. The highest BCUT2D eigenvalue weighted by Gasteiger charge is 2.25. The van der Waals surface area contributed by atoms with E-state index in [0.29, 0.717) is 17.4 Å². The fourth-order valence-electron chi connectivity index (χ4n) is 1.84. The van der Waals surface area contributed by atoms with Crippen LogP contribution in [0.25, 0.3) is 0 Å². The van der Waals surface area contributed by atoms with E-state index in [2.05, 4.69) is 21.2 Å². The Bertz CT molecular complexity index is 529. The van der Waals surface area contributed by atoms with Gasteiger partial charge in [-0.05, 0) is 31.0 Å². The topological polar surface area (TPSA) is 58.6 Å². The number of nitrogens with one attached hydrogen (secondary N) is 1. The Morgan fingerprint density at radius 2 is 2.15 bits per heavy atom. The standard InChI is InChI=1S/C14H17BrN2O3/c1-17(8-13(18)16-10-4-5-10)14(19)11-6-3-9(15)7-12(11)20-2/h3,6-7,10H,4-5,8H2,1-2H3,(H,16,18). The molecule has 0 atom stereocenters. The van der Waals surface area contributed by atoms with Crippen molar-refractivity contribution in [2.24, 2.45) is 0 Å². The molecule has 0 radical (unpaired) electrons. The second kappa shape index (κ2) is 6.26. The van der Waals surface area contributed by atoms with Crippen LogP contribution in [-0.4, -0.2) is 43.5 Å². The van der Waals surface area contributed by atoms with Gasteiger partial charge in [-0.1, -0.05) is 15.9 Å². The number of nitrogens with zero attached hydrogens (tertiary/aromatic N) is 1. The van der Waals surface area contributed by atoms with Crippen molar-refractivity contribution in [1.29, 1.82) is 0 Å². The summed E-state index contributed by atoms with van der Waals surface area (Å²) in [5.41, 5.74) is 0.442. The van der Waals surface area contributed by atoms with E-state index in [1.165, 1.54) is 12.0 Å². The highest BCUT2D eigenvalue weighted by molar-refractivity contribution is 9.10. The van der Waals surface area contributed by atoms with Gasteiger partial charge in [-0.15, -0.1) is 0 Å². The van der Waals surface area contributed by atoms with Crippen LogP contribution in [0, 0.1) is 0 Å². The summed E-state index contributed by atoms with van der Waals surface area (Å²) in [5, 5.41) is 2.86. The van der Waals surface area contributed by atoms with Gasteiger partial charge in [0.2, 0.25) is 5.91 Å². The van der Waals surface area contributed by atoms with Gasteiger partial charge in [0, 0.05) is 17.6 Å². The third-order valence-corrected chi connectivity index (χ3v) is 3.56. The Balaban J connectivity index is 2.03. The molecule has 0 spiro atoms. The van der Waals surface area contributed by atoms with E-state index in [0.717, 1.165) is 17.3 Å². The third-order valence-electron chi connectivity index (χ3n) is 3.06. The molecule has 0 unspecified atom stereocenters. The first-order valence-electron chi connectivity index (χ1n) is 6.39. The van der Waals surface area contributed by atoms with E-state index in [9.17, 15) is 9.59 Å². The molecule has 6 heteroatoms. The molecule has 1 saturated carbocycles. The Hall–Kier alpha value is -1.56. The molecule has 2 rings (SSSR count). The summed E-state index contributed by atoms with van der Waals surface area (Å²) in [7, 11) is 3.12. The zero-order chi connectivity index (χ0) is 14.7. The number of amides is 2. The van der Waals surface area contributed by atoms with Gasteiger partial charge >= 0.3 is 0 Å². The summed E-state index contributed by atoms with van der Waals surface area (Å²) in [6.45, 7) is 0.0502. The first-order valence-corrected chi connectivity index (χ1v) is 7.19. The van der Waals surface area contributed by atoms with Crippen molar-refractivity contribution in [3.63, 3.8) is 0 Å². The van der Waals surface area contributed by atoms with Crippen molar-refractivity contribution in [1.82, 2.24) is 10.2 Å². The quantitative estimate of drug-likeness (QED) is 0.889. The largest absolute Gasteiger partial charge is 0.496 e. The number of carbonyl (C=O) groups is 2. The van der Waals surface area contributed by atoms with Gasteiger partial charge in [-0.3, -0.25) is 9.59 Å². The zero-order valence-corrected chi connectivity index (χ0v) is 13.1. The lowest BCUT2D eigenvalue weighted by Gasteiger charge is -2.18. The molecular formula is C14H17BrN2O3. The number of halogens is 1. The monoisotopic (exact) mass is 340 g/mol. The minimum absolute atomic E-state index is 0.0502. The number of hydrogen-bond acceptors (Lipinski definition) is 3. The van der Waals surface area contributed by atoms with Crippen molar-refractivity contribution in [3.05, 3.63) is 28.2 Å². The average molecular weight is 341 g/mol. The zero-order valence-electron chi connectivity index (χ0n) is 11.5. The predicted octanol–water partition coefficient (Wildman–Crippen LogP) is 1.81. The van der Waals surface area contributed by atoms with Gasteiger partial charge in [0.25, 0.3) is 5.91 Å². The maximum Gasteiger partial charge on any atom is 0.257 e. The van der Waals surface area contributed by atoms with E-state index >= 15 is 0 Å². The number of likely N-dealkylation sites (N-methyl/N-ethyl adjacent to an activating group) is 1. The van der Waals surface area contributed by atoms with Crippen LogP contribution in [0.5, 0.6) is 5.75 Å². The predicted molar refractivity (Wildman–Crippen MR) is 78.8 cm³/mol. The molecule has 0 heterocycles. The molecule has 0 bridgehead atoms. The van der Waals surface area contributed by atoms with E-state index < -0.39 is 0 Å². The van der Waals surface area contributed by atoms with E-state index in [4.69, 9.17) is 4.74 Å². The van der Waals surface area contributed by atoms with Crippen molar-refractivity contribution < 1.29 is 14.3 Å². The van der Waals surface area contributed by atoms with Crippen molar-refractivity contribution >= 4 is 27.7 Å². The van der Waals surface area contributed by atoms with Crippen LogP contribution >= 0.6 is 15.9 Å². The molecule has 1 aliphatic rings. The molecular weight excluding hydrogens is 324 g/mol. The summed E-state index contributed by atoms with van der Waals surface area (Å²) >= 11 is 3.33. The number of benzene rings is 1. The molecule has 1 aliphatic carbocycles. The van der Waals surface area contributed by atoms with E-state index in [-0.39, 0.29) is 18.4 Å². The van der Waals surface area contributed by atoms with Crippen LogP contribution in [0.1, 0.15) is 23.2 Å². The van der Waals surface area contributed by atoms with Gasteiger partial charge in [-0.2, -0.15) is 0 Å². The van der Waals surface area contributed by atoms with Crippen LogP contribution in [-0.2, 0) is 4.79 Å². The molecule has 1 fully saturated rings. The highest BCUT2D eigenvalue weighted by Crippen LogP contribution is 2.24. The maximum absolute atomic E-state index is 12.3. The number of rotatable bonds is 5. The second-order valence-electron chi connectivity index (χ2n) is 4.85. The maximum atomic E-state index is 12.3. The van der Waals surface area contributed by atoms with Gasteiger partial charge in [0.15, 0.2) is 0 Å². The molecule has 20 heavy (non-hydrogen) atoms. The minimum Gasteiger partial charge on any atom is -0.496 e. The summed E-state index contributed by atoms with van der Waals surface area (Å²) in [6.07, 6.45) is 2.06. The van der Waals surface area contributed by atoms with Gasteiger partial charge in [0.1, 0.15) is 5.75 Å². The Morgan fingerprint density at radius 1 is 1.45 bits per heavy atom. The smallest absolute Gasteiger partial charge is 0.257 e. The molecule has 2 amide bonds. The van der Waals surface area contributed by atoms with Crippen LogP contribution < -0.4 is 10.1 Å². The summed E-state index contributed by atoms with van der Waals surface area (Å²) in [6, 6.07) is 5.48. The highest BCUT2D eigenvalue weighted by atomic mass is 79.9. The number of hydrogen-bond donors (Lipinski definition) is 1. The van der Waals surface area contributed by atoms with Gasteiger partial charge in [0.05, 0.1) is 19.2 Å². The fourth-order valence-corrected chi connectivity index (χ4v) is 2.18. The summed E-state index contributed by atoms with van der Waals surface area (Å²) in [4.78, 5) is 25.4. The summed E-state index contributed by atoms with van der Waals surface area (Å²) < 4.78 is 6.03. The molecule has 0 aromatic heterocycles. The van der Waals surface area contributed by atoms with Gasteiger partial charge < -0.3 is 15.0 Å². The lowest BCUT2D eigenvalue weighted by molar-refractivity contribution is -0.121. The fraction of sp³-hybridized carbons (Fsp3) is 0.429. The normalized spacial score (nSPS) is 13.8. The van der Waals surface area contributed by atoms with Crippen molar-refractivity contribution in [3.8, 4) is 5.75 Å². The van der Waals surface area contributed by atoms with Crippen LogP contribution in [0.4, 0.5) is 0 Å². The van der Waals surface area contributed by atoms with Gasteiger partial charge in [-0.25, -0.2) is 0 Å². The Kier molecular flexibility index (Phi) is 4.65. The molecule has 1 aromatic rings. The van der Waals surface area contributed by atoms with Crippen LogP contribution in [0.15, 0.2) is 22.7 Å². The minimum atomic E-state index is -0.236.